The fourth-order valence-electron chi connectivity index (χ4n) is 2.57. The summed E-state index contributed by atoms with van der Waals surface area (Å²) in [4.78, 5) is 12.7. The topological polar surface area (TPSA) is 32.7 Å². The van der Waals surface area contributed by atoms with E-state index in [1.165, 1.54) is 11.3 Å². The molecule has 1 aromatic heterocycles. The molecule has 0 amide bonds. The first-order valence-electron chi connectivity index (χ1n) is 6.66. The number of halogens is 4. The standard InChI is InChI=1S/C15H10Cl4N2OS/c1-7-13(15(19)22)20-21(10-3-2-8(16)6-9(10)17)14(7)11-4-5-12(18)23-11/h2-7,14H,1H3/t7-,14-/m0/s1. The number of thiophene rings is 1. The van der Waals surface area contributed by atoms with Gasteiger partial charge in [-0.1, -0.05) is 41.7 Å². The van der Waals surface area contributed by atoms with Gasteiger partial charge in [0.25, 0.3) is 5.24 Å². The van der Waals surface area contributed by atoms with Gasteiger partial charge in [0, 0.05) is 15.8 Å². The quantitative estimate of drug-likeness (QED) is 0.582. The van der Waals surface area contributed by atoms with Gasteiger partial charge in [-0.3, -0.25) is 9.80 Å². The van der Waals surface area contributed by atoms with Crippen LogP contribution in [0.5, 0.6) is 0 Å². The van der Waals surface area contributed by atoms with Crippen molar-refractivity contribution < 1.29 is 4.79 Å². The van der Waals surface area contributed by atoms with Crippen molar-refractivity contribution in [1.82, 2.24) is 0 Å². The minimum Gasteiger partial charge on any atom is -0.274 e. The summed E-state index contributed by atoms with van der Waals surface area (Å²) in [6, 6.07) is 8.66. The Morgan fingerprint density at radius 2 is 1.96 bits per heavy atom. The lowest BCUT2D eigenvalue weighted by Crippen LogP contribution is -2.24. The van der Waals surface area contributed by atoms with Crippen LogP contribution in [-0.4, -0.2) is 11.0 Å². The van der Waals surface area contributed by atoms with E-state index in [9.17, 15) is 4.79 Å². The van der Waals surface area contributed by atoms with E-state index < -0.39 is 5.24 Å². The van der Waals surface area contributed by atoms with E-state index in [-0.39, 0.29) is 12.0 Å². The summed E-state index contributed by atoms with van der Waals surface area (Å²) in [5, 5.41) is 6.51. The molecule has 0 N–H and O–H groups in total. The van der Waals surface area contributed by atoms with Crippen molar-refractivity contribution in [3.05, 3.63) is 49.6 Å². The predicted octanol–water partition coefficient (Wildman–Crippen LogP) is 6.03. The van der Waals surface area contributed by atoms with Gasteiger partial charge in [0.2, 0.25) is 0 Å². The molecule has 23 heavy (non-hydrogen) atoms. The highest BCUT2D eigenvalue weighted by Gasteiger charge is 2.40. The third kappa shape index (κ3) is 3.24. The number of hydrogen-bond donors (Lipinski definition) is 0. The fourth-order valence-corrected chi connectivity index (χ4v) is 4.53. The van der Waals surface area contributed by atoms with Crippen LogP contribution in [0, 0.1) is 5.92 Å². The second-order valence-electron chi connectivity index (χ2n) is 5.07. The Bertz CT molecular complexity index is 805. The van der Waals surface area contributed by atoms with E-state index in [0.29, 0.717) is 25.8 Å². The third-order valence-corrected chi connectivity index (χ3v) is 5.66. The Morgan fingerprint density at radius 3 is 2.52 bits per heavy atom. The predicted molar refractivity (Wildman–Crippen MR) is 98.5 cm³/mol. The summed E-state index contributed by atoms with van der Waals surface area (Å²) in [6.07, 6.45) is 0. The van der Waals surface area contributed by atoms with Gasteiger partial charge in [0.1, 0.15) is 5.71 Å². The number of hydrazone groups is 1. The van der Waals surface area contributed by atoms with Crippen molar-refractivity contribution in [2.24, 2.45) is 11.0 Å². The van der Waals surface area contributed by atoms with E-state index in [1.54, 1.807) is 23.2 Å². The van der Waals surface area contributed by atoms with Gasteiger partial charge < -0.3 is 0 Å². The average Bonchev–Trinajstić information content (AvgIpc) is 3.02. The van der Waals surface area contributed by atoms with Gasteiger partial charge in [-0.2, -0.15) is 5.10 Å². The molecule has 0 spiro atoms. The maximum absolute atomic E-state index is 11.7. The molecule has 1 aliphatic heterocycles. The lowest BCUT2D eigenvalue weighted by molar-refractivity contribution is -0.106. The van der Waals surface area contributed by atoms with Crippen LogP contribution in [0.15, 0.2) is 35.4 Å². The molecule has 0 radical (unpaired) electrons. The Balaban J connectivity index is 2.11. The Labute approximate surface area is 157 Å². The molecule has 0 unspecified atom stereocenters. The van der Waals surface area contributed by atoms with Gasteiger partial charge in [-0.15, -0.1) is 11.3 Å². The first-order chi connectivity index (χ1) is 10.9. The molecule has 0 aliphatic carbocycles. The maximum atomic E-state index is 11.7. The van der Waals surface area contributed by atoms with Crippen LogP contribution < -0.4 is 5.01 Å². The molecule has 0 fully saturated rings. The number of benzene rings is 1. The van der Waals surface area contributed by atoms with Crippen molar-refractivity contribution in [2.45, 2.75) is 13.0 Å². The Hall–Kier alpha value is -0.780. The van der Waals surface area contributed by atoms with Crippen LogP contribution in [0.3, 0.4) is 0 Å². The SMILES string of the molecule is C[C@H]1C(C(=O)Cl)=NN(c2ccc(Cl)cc2Cl)[C@@H]1c1ccc(Cl)s1. The molecule has 1 aliphatic rings. The molecule has 120 valence electrons. The summed E-state index contributed by atoms with van der Waals surface area (Å²) in [6.45, 7) is 1.90. The lowest BCUT2D eigenvalue weighted by atomic mass is 9.96. The second kappa shape index (κ2) is 6.61. The van der Waals surface area contributed by atoms with Crippen molar-refractivity contribution in [3.8, 4) is 0 Å². The summed E-state index contributed by atoms with van der Waals surface area (Å²) in [7, 11) is 0. The van der Waals surface area contributed by atoms with Crippen LogP contribution in [0.1, 0.15) is 17.8 Å². The smallest absolute Gasteiger partial charge is 0.268 e. The summed E-state index contributed by atoms with van der Waals surface area (Å²) >= 11 is 25.4. The first-order valence-corrected chi connectivity index (χ1v) is 8.99. The molecule has 2 atom stereocenters. The number of hydrogen-bond acceptors (Lipinski definition) is 4. The number of nitrogens with zero attached hydrogens (tertiary/aromatic N) is 2. The van der Waals surface area contributed by atoms with Crippen molar-refractivity contribution >= 4 is 74.4 Å². The average molecular weight is 408 g/mol. The number of carbonyl (C=O) groups excluding carboxylic acids is 1. The minimum absolute atomic E-state index is 0.193. The summed E-state index contributed by atoms with van der Waals surface area (Å²) < 4.78 is 0.667. The first kappa shape index (κ1) is 17.1. The van der Waals surface area contributed by atoms with Gasteiger partial charge in [-0.25, -0.2) is 0 Å². The summed E-state index contributed by atoms with van der Waals surface area (Å²) in [5.41, 5.74) is 0.956. The maximum Gasteiger partial charge on any atom is 0.268 e. The molecule has 2 heterocycles. The van der Waals surface area contributed by atoms with Crippen LogP contribution in [0.4, 0.5) is 5.69 Å². The van der Waals surface area contributed by atoms with E-state index in [4.69, 9.17) is 46.4 Å². The normalized spacial score (nSPS) is 20.7. The van der Waals surface area contributed by atoms with Crippen LogP contribution in [-0.2, 0) is 4.79 Å². The molecular weight excluding hydrogens is 398 g/mol. The monoisotopic (exact) mass is 406 g/mol. The van der Waals surface area contributed by atoms with E-state index in [0.717, 1.165) is 4.88 Å². The molecule has 2 aromatic rings. The number of anilines is 1. The van der Waals surface area contributed by atoms with Crippen molar-refractivity contribution in [1.29, 1.82) is 0 Å². The molecule has 1 aromatic carbocycles. The van der Waals surface area contributed by atoms with E-state index in [2.05, 4.69) is 5.10 Å². The fraction of sp³-hybridized carbons (Fsp3) is 0.200. The molecule has 3 nitrogen and oxygen atoms in total. The van der Waals surface area contributed by atoms with E-state index in [1.807, 2.05) is 19.1 Å². The van der Waals surface area contributed by atoms with Crippen LogP contribution in [0.2, 0.25) is 14.4 Å². The van der Waals surface area contributed by atoms with Crippen molar-refractivity contribution in [3.63, 3.8) is 0 Å². The Morgan fingerprint density at radius 1 is 1.22 bits per heavy atom. The lowest BCUT2D eigenvalue weighted by Gasteiger charge is -2.26. The summed E-state index contributed by atoms with van der Waals surface area (Å²) in [5.74, 6) is -0.193. The zero-order valence-corrected chi connectivity index (χ0v) is 15.6. The van der Waals surface area contributed by atoms with E-state index >= 15 is 0 Å². The highest BCUT2D eigenvalue weighted by Crippen LogP contribution is 2.44. The van der Waals surface area contributed by atoms with Crippen molar-refractivity contribution in [2.75, 3.05) is 5.01 Å². The third-order valence-electron chi connectivity index (χ3n) is 3.63. The molecule has 0 bridgehead atoms. The number of carbonyl (C=O) groups is 1. The second-order valence-corrected chi connectivity index (χ2v) is 8.01. The molecule has 8 heteroatoms. The van der Waals surface area contributed by atoms with Gasteiger partial charge in [0.05, 0.1) is 21.1 Å². The minimum atomic E-state index is -0.572. The van der Waals surface area contributed by atoms with Gasteiger partial charge >= 0.3 is 0 Å². The van der Waals surface area contributed by atoms with Crippen LogP contribution >= 0.6 is 57.7 Å². The molecular formula is C15H10Cl4N2OS. The highest BCUT2D eigenvalue weighted by atomic mass is 35.5. The molecule has 0 saturated heterocycles. The number of rotatable bonds is 3. The zero-order chi connectivity index (χ0) is 16.7. The highest BCUT2D eigenvalue weighted by molar-refractivity contribution is 7.16. The van der Waals surface area contributed by atoms with Gasteiger partial charge in [0.15, 0.2) is 0 Å². The molecule has 3 rings (SSSR count). The largest absolute Gasteiger partial charge is 0.274 e. The van der Waals surface area contributed by atoms with Crippen LogP contribution in [0.25, 0.3) is 0 Å². The zero-order valence-electron chi connectivity index (χ0n) is 11.8. The molecule has 0 saturated carbocycles. The Kier molecular flexibility index (Phi) is 4.90. The van der Waals surface area contributed by atoms with Gasteiger partial charge in [-0.05, 0) is 41.9 Å².